The molecule has 1 amide bonds. The van der Waals surface area contributed by atoms with Gasteiger partial charge in [-0.3, -0.25) is 4.79 Å². The highest BCUT2D eigenvalue weighted by Gasteiger charge is 2.36. The van der Waals surface area contributed by atoms with Crippen molar-refractivity contribution < 1.29 is 13.2 Å². The van der Waals surface area contributed by atoms with E-state index in [9.17, 15) is 13.2 Å². The van der Waals surface area contributed by atoms with Crippen molar-refractivity contribution in [2.75, 3.05) is 0 Å². The van der Waals surface area contributed by atoms with Crippen LogP contribution < -0.4 is 0 Å². The number of amides is 1. The monoisotopic (exact) mass is 245 g/mol. The fraction of sp³-hybridized carbons (Fsp3) is 0.222. The van der Waals surface area contributed by atoms with Gasteiger partial charge >= 0.3 is 9.24 Å². The number of fused-ring (bicyclic) bond motifs is 2. The molecule has 0 N–H and O–H groups in total. The quantitative estimate of drug-likeness (QED) is 0.511. The van der Waals surface area contributed by atoms with Gasteiger partial charge in [0.2, 0.25) is 5.91 Å². The Labute approximate surface area is 92.1 Å². The second-order valence-corrected chi connectivity index (χ2v) is 5.63. The summed E-state index contributed by atoms with van der Waals surface area (Å²) in [5.41, 5.74) is 0. The van der Waals surface area contributed by atoms with Crippen molar-refractivity contribution in [3.05, 3.63) is 36.5 Å². The maximum Gasteiger partial charge on any atom is 0.324 e. The van der Waals surface area contributed by atoms with Gasteiger partial charge in [0.1, 0.15) is 0 Å². The van der Waals surface area contributed by atoms with E-state index in [1.165, 1.54) is 0 Å². The number of hydrogen-bond donors (Lipinski definition) is 0. The highest BCUT2D eigenvalue weighted by atomic mass is 35.7. The highest BCUT2D eigenvalue weighted by molar-refractivity contribution is 8.12. The Bertz CT molecular complexity index is 478. The molecule has 15 heavy (non-hydrogen) atoms. The van der Waals surface area contributed by atoms with E-state index >= 15 is 0 Å². The molecular formula is C9H8ClNO3S. The summed E-state index contributed by atoms with van der Waals surface area (Å²) in [6.07, 6.45) is 9.96. The summed E-state index contributed by atoms with van der Waals surface area (Å²) in [5.74, 6) is -1.06. The summed E-state index contributed by atoms with van der Waals surface area (Å²) in [6, 6.07) is -0.610. The van der Waals surface area contributed by atoms with Crippen LogP contribution in [0.25, 0.3) is 0 Å². The first-order valence-electron chi connectivity index (χ1n) is 4.31. The maximum atomic E-state index is 11.7. The summed E-state index contributed by atoms with van der Waals surface area (Å²) in [5, 5.41) is 0. The van der Waals surface area contributed by atoms with Crippen molar-refractivity contribution in [2.45, 2.75) is 6.04 Å². The fourth-order valence-corrected chi connectivity index (χ4v) is 2.84. The van der Waals surface area contributed by atoms with Gasteiger partial charge in [0.05, 0.1) is 12.0 Å². The molecule has 2 aliphatic heterocycles. The number of allylic oxidation sites excluding steroid dienone is 2. The van der Waals surface area contributed by atoms with Crippen molar-refractivity contribution in [2.24, 2.45) is 5.92 Å². The lowest BCUT2D eigenvalue weighted by Crippen LogP contribution is -2.46. The molecule has 2 bridgehead atoms. The zero-order chi connectivity index (χ0) is 11.1. The van der Waals surface area contributed by atoms with E-state index in [4.69, 9.17) is 10.7 Å². The first-order valence-corrected chi connectivity index (χ1v) is 6.58. The van der Waals surface area contributed by atoms with Gasteiger partial charge in [-0.15, -0.1) is 0 Å². The van der Waals surface area contributed by atoms with Crippen molar-refractivity contribution >= 4 is 25.8 Å². The molecule has 2 heterocycles. The van der Waals surface area contributed by atoms with Gasteiger partial charge in [-0.25, -0.2) is 4.31 Å². The molecule has 2 atom stereocenters. The molecule has 0 radical (unpaired) electrons. The first kappa shape index (κ1) is 10.4. The Balaban J connectivity index is 2.53. The van der Waals surface area contributed by atoms with Crippen molar-refractivity contribution in [1.82, 2.24) is 4.31 Å². The molecule has 4 nitrogen and oxygen atoms in total. The lowest BCUT2D eigenvalue weighted by Gasteiger charge is -2.30. The van der Waals surface area contributed by atoms with E-state index in [1.54, 1.807) is 36.5 Å². The molecule has 0 saturated carbocycles. The van der Waals surface area contributed by atoms with Crippen LogP contribution >= 0.6 is 10.7 Å². The van der Waals surface area contributed by atoms with Gasteiger partial charge in [-0.1, -0.05) is 36.5 Å². The maximum absolute atomic E-state index is 11.7. The molecule has 3 rings (SSSR count). The van der Waals surface area contributed by atoms with Gasteiger partial charge in [0.15, 0.2) is 0 Å². The Morgan fingerprint density at radius 3 is 2.47 bits per heavy atom. The molecule has 0 aromatic carbocycles. The van der Waals surface area contributed by atoms with Crippen LogP contribution in [0.15, 0.2) is 36.5 Å². The van der Waals surface area contributed by atoms with E-state index in [-0.39, 0.29) is 0 Å². The van der Waals surface area contributed by atoms with Crippen LogP contribution in [0.5, 0.6) is 0 Å². The van der Waals surface area contributed by atoms with Crippen LogP contribution in [0.2, 0.25) is 0 Å². The Morgan fingerprint density at radius 1 is 1.13 bits per heavy atom. The predicted molar refractivity (Wildman–Crippen MR) is 56.3 cm³/mol. The number of carbonyl (C=O) groups is 1. The van der Waals surface area contributed by atoms with Crippen LogP contribution in [0.3, 0.4) is 0 Å². The normalized spacial score (nSPS) is 29.4. The third-order valence-electron chi connectivity index (χ3n) is 2.26. The SMILES string of the molecule is O=C1C2C=CC=CC(C=C2)N1S(=O)(=O)Cl. The van der Waals surface area contributed by atoms with Crippen LogP contribution in [-0.2, 0) is 14.0 Å². The lowest BCUT2D eigenvalue weighted by atomic mass is 9.99. The molecular weight excluding hydrogens is 238 g/mol. The molecule has 0 fully saturated rings. The number of carbonyl (C=O) groups excluding carboxylic acids is 1. The van der Waals surface area contributed by atoms with E-state index < -0.39 is 27.1 Å². The second-order valence-electron chi connectivity index (χ2n) is 3.25. The summed E-state index contributed by atoms with van der Waals surface area (Å²) in [7, 11) is 1.19. The predicted octanol–water partition coefficient (Wildman–Crippen LogP) is 0.979. The van der Waals surface area contributed by atoms with E-state index in [2.05, 4.69) is 0 Å². The van der Waals surface area contributed by atoms with Gasteiger partial charge in [-0.2, -0.15) is 8.42 Å². The van der Waals surface area contributed by atoms with E-state index in [0.717, 1.165) is 0 Å². The summed E-state index contributed by atoms with van der Waals surface area (Å²) in [4.78, 5) is 11.7. The van der Waals surface area contributed by atoms with Gasteiger partial charge in [0.25, 0.3) is 0 Å². The molecule has 0 aromatic heterocycles. The van der Waals surface area contributed by atoms with Crippen LogP contribution in [0, 0.1) is 5.92 Å². The fourth-order valence-electron chi connectivity index (χ4n) is 1.59. The highest BCUT2D eigenvalue weighted by Crippen LogP contribution is 2.25. The Kier molecular flexibility index (Phi) is 2.44. The average Bonchev–Trinajstić information content (AvgIpc) is 2.05. The summed E-state index contributed by atoms with van der Waals surface area (Å²) < 4.78 is 23.2. The largest absolute Gasteiger partial charge is 0.324 e. The number of nitrogens with zero attached hydrogens (tertiary/aromatic N) is 1. The Hall–Kier alpha value is -1.07. The van der Waals surface area contributed by atoms with Crippen molar-refractivity contribution in [3.63, 3.8) is 0 Å². The zero-order valence-corrected chi connectivity index (χ0v) is 9.15. The molecule has 1 aliphatic carbocycles. The average molecular weight is 246 g/mol. The van der Waals surface area contributed by atoms with Crippen LogP contribution in [0.1, 0.15) is 0 Å². The molecule has 0 spiro atoms. The molecule has 80 valence electrons. The van der Waals surface area contributed by atoms with Crippen molar-refractivity contribution in [1.29, 1.82) is 0 Å². The number of hydrogen-bond acceptors (Lipinski definition) is 3. The van der Waals surface area contributed by atoms with E-state index in [0.29, 0.717) is 4.31 Å². The lowest BCUT2D eigenvalue weighted by molar-refractivity contribution is -0.128. The molecule has 0 aromatic rings. The molecule has 6 heteroatoms. The van der Waals surface area contributed by atoms with Gasteiger partial charge < -0.3 is 0 Å². The van der Waals surface area contributed by atoms with Crippen LogP contribution in [-0.4, -0.2) is 24.7 Å². The third-order valence-corrected chi connectivity index (χ3v) is 3.60. The second kappa shape index (κ2) is 3.50. The zero-order valence-electron chi connectivity index (χ0n) is 7.58. The van der Waals surface area contributed by atoms with Crippen LogP contribution in [0.4, 0.5) is 0 Å². The molecule has 0 saturated heterocycles. The minimum Gasteiger partial charge on any atom is -0.273 e. The molecule has 3 aliphatic rings. The topological polar surface area (TPSA) is 54.5 Å². The van der Waals surface area contributed by atoms with Crippen molar-refractivity contribution in [3.8, 4) is 0 Å². The van der Waals surface area contributed by atoms with Gasteiger partial charge in [-0.05, 0) is 0 Å². The Morgan fingerprint density at radius 2 is 1.80 bits per heavy atom. The minimum absolute atomic E-state index is 0.516. The van der Waals surface area contributed by atoms with E-state index in [1.807, 2.05) is 0 Å². The number of rotatable bonds is 1. The number of halogens is 1. The molecule has 2 unspecified atom stereocenters. The minimum atomic E-state index is -4.03. The first-order chi connectivity index (χ1) is 7.00. The standard InChI is InChI=1S/C9H8ClNO3S/c10-15(13,14)11-8-4-2-1-3-7(5-6-8)9(11)12/h1-8H. The third kappa shape index (κ3) is 1.85. The smallest absolute Gasteiger partial charge is 0.273 e. The summed E-state index contributed by atoms with van der Waals surface area (Å²) >= 11 is 0. The summed E-state index contributed by atoms with van der Waals surface area (Å²) in [6.45, 7) is 0. The van der Waals surface area contributed by atoms with Gasteiger partial charge in [0, 0.05) is 10.7 Å².